The molecule has 0 saturated heterocycles. The van der Waals surface area contributed by atoms with E-state index in [2.05, 4.69) is 9.99 Å². The fourth-order valence-corrected chi connectivity index (χ4v) is 3.77. The topological polar surface area (TPSA) is 99.8 Å². The van der Waals surface area contributed by atoms with Gasteiger partial charge in [-0.05, 0) is 31.6 Å². The average molecular weight is 354 g/mol. The number of alkyl halides is 3. The van der Waals surface area contributed by atoms with Gasteiger partial charge in [-0.15, -0.1) is 0 Å². The molecule has 0 heterocycles. The van der Waals surface area contributed by atoms with Crippen LogP contribution >= 0.6 is 0 Å². The van der Waals surface area contributed by atoms with E-state index in [9.17, 15) is 22.2 Å². The maximum Gasteiger partial charge on any atom is 0.390 e. The molecule has 10 heteroatoms. The predicted molar refractivity (Wildman–Crippen MR) is 76.1 cm³/mol. The van der Waals surface area contributed by atoms with Gasteiger partial charge >= 0.3 is 12.1 Å². The second-order valence-electron chi connectivity index (χ2n) is 5.16. The summed E-state index contributed by atoms with van der Waals surface area (Å²) in [5.41, 5.74) is 0.639. The van der Waals surface area contributed by atoms with E-state index in [-0.39, 0.29) is 5.92 Å². The summed E-state index contributed by atoms with van der Waals surface area (Å²) < 4.78 is 48.4. The maximum absolute atomic E-state index is 12.2. The highest BCUT2D eigenvalue weighted by molar-refractivity contribution is 7.85. The molecule has 6 nitrogen and oxygen atoms in total. The minimum atomic E-state index is -4.39. The molecule has 23 heavy (non-hydrogen) atoms. The molecule has 1 aliphatic carbocycles. The molecule has 0 bridgehead atoms. The lowest BCUT2D eigenvalue weighted by Crippen LogP contribution is -2.30. The number of hydrogen-bond acceptors (Lipinski definition) is 5. The summed E-state index contributed by atoms with van der Waals surface area (Å²) >= 11 is 0. The van der Waals surface area contributed by atoms with Crippen molar-refractivity contribution in [2.75, 3.05) is 12.4 Å². The van der Waals surface area contributed by atoms with E-state index in [0.717, 1.165) is 0 Å². The Bertz CT molecular complexity index is 506. The number of carboxylic acids is 1. The first-order chi connectivity index (χ1) is 10.7. The number of nitrogens with zero attached hydrogens (tertiary/aromatic N) is 2. The van der Waals surface area contributed by atoms with Gasteiger partial charge in [-0.2, -0.15) is 18.4 Å². The summed E-state index contributed by atoms with van der Waals surface area (Å²) in [6.07, 6.45) is -3.74. The van der Waals surface area contributed by atoms with E-state index in [1.165, 1.54) is 0 Å². The number of carbonyl (C=O) groups is 1. The number of hydrogen-bond donors (Lipinski definition) is 1. The Balaban J connectivity index is 2.48. The number of carboxylic acid groups (broad SMARTS) is 1. The molecule has 0 radical (unpaired) electrons. The number of oxime groups is 1. The zero-order valence-electron chi connectivity index (χ0n) is 12.2. The van der Waals surface area contributed by atoms with Crippen LogP contribution in [0.1, 0.15) is 32.1 Å². The SMILES string of the molecule is N#CC(C1CCC(=NOCC(=O)O)CC1)S(=O)CCC(F)(F)F. The van der Waals surface area contributed by atoms with Crippen LogP contribution in [-0.2, 0) is 20.4 Å². The second-order valence-corrected chi connectivity index (χ2v) is 6.84. The van der Waals surface area contributed by atoms with Gasteiger partial charge in [-0.3, -0.25) is 4.21 Å². The molecule has 1 saturated carbocycles. The molecule has 1 aliphatic rings. The largest absolute Gasteiger partial charge is 0.479 e. The molecule has 1 N–H and O–H groups in total. The van der Waals surface area contributed by atoms with E-state index < -0.39 is 47.0 Å². The van der Waals surface area contributed by atoms with Crippen LogP contribution in [-0.4, -0.2) is 44.8 Å². The monoisotopic (exact) mass is 354 g/mol. The molecule has 0 aromatic heterocycles. The van der Waals surface area contributed by atoms with E-state index in [4.69, 9.17) is 10.4 Å². The van der Waals surface area contributed by atoms with Crippen molar-refractivity contribution in [2.45, 2.75) is 43.5 Å². The van der Waals surface area contributed by atoms with Crippen molar-refractivity contribution in [1.82, 2.24) is 0 Å². The summed E-state index contributed by atoms with van der Waals surface area (Å²) in [6, 6.07) is 1.86. The van der Waals surface area contributed by atoms with E-state index in [1.54, 1.807) is 0 Å². The third-order valence-corrected chi connectivity index (χ3v) is 5.08. The van der Waals surface area contributed by atoms with E-state index in [0.29, 0.717) is 31.4 Å². The summed E-state index contributed by atoms with van der Waals surface area (Å²) in [6.45, 7) is -0.546. The minimum absolute atomic E-state index is 0.257. The molecule has 0 amide bonds. The first kappa shape index (κ1) is 19.4. The molecule has 0 spiro atoms. The normalized spacial score (nSPS) is 21.1. The lowest BCUT2D eigenvalue weighted by Gasteiger charge is -2.26. The molecule has 0 aromatic rings. The summed E-state index contributed by atoms with van der Waals surface area (Å²) in [7, 11) is -1.85. The van der Waals surface area contributed by atoms with Crippen molar-refractivity contribution in [2.24, 2.45) is 11.1 Å². The lowest BCUT2D eigenvalue weighted by molar-refractivity contribution is -0.142. The molecule has 130 valence electrons. The van der Waals surface area contributed by atoms with Crippen LogP contribution in [0.25, 0.3) is 0 Å². The smallest absolute Gasteiger partial charge is 0.390 e. The van der Waals surface area contributed by atoms with E-state index >= 15 is 0 Å². The van der Waals surface area contributed by atoms with Crippen LogP contribution in [0.4, 0.5) is 13.2 Å². The lowest BCUT2D eigenvalue weighted by atomic mass is 9.86. The zero-order chi connectivity index (χ0) is 17.5. The van der Waals surface area contributed by atoms with Gasteiger partial charge in [0.15, 0.2) is 0 Å². The van der Waals surface area contributed by atoms with Gasteiger partial charge in [0.05, 0.1) is 18.2 Å². The molecule has 1 fully saturated rings. The van der Waals surface area contributed by atoms with Crippen molar-refractivity contribution in [3.05, 3.63) is 0 Å². The maximum atomic E-state index is 12.2. The Morgan fingerprint density at radius 2 is 2.09 bits per heavy atom. The Labute approximate surface area is 133 Å². The average Bonchev–Trinajstić information content (AvgIpc) is 2.46. The molecular formula is C13H17F3N2O4S. The van der Waals surface area contributed by atoms with Gasteiger partial charge in [0.1, 0.15) is 5.25 Å². The molecule has 0 aromatic carbocycles. The summed E-state index contributed by atoms with van der Waals surface area (Å²) in [4.78, 5) is 14.9. The van der Waals surface area contributed by atoms with Gasteiger partial charge < -0.3 is 9.94 Å². The van der Waals surface area contributed by atoms with Gasteiger partial charge in [0, 0.05) is 16.6 Å². The van der Waals surface area contributed by atoms with Crippen LogP contribution in [0.5, 0.6) is 0 Å². The Morgan fingerprint density at radius 3 is 2.57 bits per heavy atom. The van der Waals surface area contributed by atoms with Crippen LogP contribution < -0.4 is 0 Å². The molecule has 2 atom stereocenters. The van der Waals surface area contributed by atoms with Crippen molar-refractivity contribution >= 4 is 22.5 Å². The summed E-state index contributed by atoms with van der Waals surface area (Å²) in [5, 5.41) is 20.3. The van der Waals surface area contributed by atoms with Crippen molar-refractivity contribution in [3.63, 3.8) is 0 Å². The third kappa shape index (κ3) is 7.45. The highest BCUT2D eigenvalue weighted by Gasteiger charge is 2.33. The fourth-order valence-electron chi connectivity index (χ4n) is 2.27. The van der Waals surface area contributed by atoms with Gasteiger partial charge in [-0.1, -0.05) is 5.16 Å². The van der Waals surface area contributed by atoms with Crippen LogP contribution in [0.2, 0.25) is 0 Å². The van der Waals surface area contributed by atoms with Crippen LogP contribution in [0, 0.1) is 17.2 Å². The summed E-state index contributed by atoms with van der Waals surface area (Å²) in [5.74, 6) is -1.97. The molecule has 2 unspecified atom stereocenters. The first-order valence-electron chi connectivity index (χ1n) is 6.96. The standard InChI is InChI=1S/C13H17F3N2O4S/c14-13(15,16)5-6-23(21)11(7-17)9-1-3-10(4-2-9)18-22-8-12(19)20/h9,11H,1-6,8H2,(H,19,20). The molecular weight excluding hydrogens is 337 g/mol. The highest BCUT2D eigenvalue weighted by Crippen LogP contribution is 2.29. The fraction of sp³-hybridized carbons (Fsp3) is 0.769. The van der Waals surface area contributed by atoms with Crippen LogP contribution in [0.3, 0.4) is 0 Å². The number of nitriles is 1. The zero-order valence-corrected chi connectivity index (χ0v) is 13.0. The quantitative estimate of drug-likeness (QED) is 0.707. The third-order valence-electron chi connectivity index (χ3n) is 3.41. The van der Waals surface area contributed by atoms with Crippen LogP contribution in [0.15, 0.2) is 5.16 Å². The van der Waals surface area contributed by atoms with Gasteiger partial charge in [0.2, 0.25) is 6.61 Å². The molecule has 1 rings (SSSR count). The Hall–Kier alpha value is -1.63. The van der Waals surface area contributed by atoms with Crippen molar-refractivity contribution in [3.8, 4) is 6.07 Å². The number of halogens is 3. The first-order valence-corrected chi connectivity index (χ1v) is 8.34. The Morgan fingerprint density at radius 1 is 1.48 bits per heavy atom. The highest BCUT2D eigenvalue weighted by atomic mass is 32.2. The Kier molecular flexibility index (Phi) is 7.48. The predicted octanol–water partition coefficient (Wildman–Crippen LogP) is 2.23. The minimum Gasteiger partial charge on any atom is -0.479 e. The second kappa shape index (κ2) is 8.86. The van der Waals surface area contributed by atoms with Crippen molar-refractivity contribution < 1.29 is 32.1 Å². The number of aliphatic carboxylic acids is 1. The van der Waals surface area contributed by atoms with Gasteiger partial charge in [-0.25, -0.2) is 4.79 Å². The van der Waals surface area contributed by atoms with Gasteiger partial charge in [0.25, 0.3) is 0 Å². The number of rotatable bonds is 7. The van der Waals surface area contributed by atoms with Crippen molar-refractivity contribution in [1.29, 1.82) is 5.26 Å². The molecule has 0 aliphatic heterocycles. The van der Waals surface area contributed by atoms with E-state index in [1.807, 2.05) is 6.07 Å².